The summed E-state index contributed by atoms with van der Waals surface area (Å²) in [5.74, 6) is -0.127. The molecule has 1 amide bonds. The van der Waals surface area contributed by atoms with Crippen molar-refractivity contribution in [2.45, 2.75) is 12.5 Å². The van der Waals surface area contributed by atoms with Crippen LogP contribution in [0.25, 0.3) is 10.9 Å². The third kappa shape index (κ3) is 3.45. The zero-order valence-corrected chi connectivity index (χ0v) is 14.1. The molecule has 1 heterocycles. The maximum Gasteiger partial charge on any atom is 0.224 e. The summed E-state index contributed by atoms with van der Waals surface area (Å²) < 4.78 is 2.01. The first kappa shape index (κ1) is 16.6. The van der Waals surface area contributed by atoms with Crippen LogP contribution in [0.5, 0.6) is 0 Å². The largest absolute Gasteiger partial charge is 0.387 e. The number of amides is 1. The molecule has 0 saturated heterocycles. The molecule has 2 aromatic carbocycles. The van der Waals surface area contributed by atoms with Gasteiger partial charge in [0, 0.05) is 41.3 Å². The van der Waals surface area contributed by atoms with Crippen molar-refractivity contribution in [1.82, 2.24) is 9.88 Å². The Labute approximate surface area is 145 Å². The van der Waals surface area contributed by atoms with Crippen LogP contribution in [0.15, 0.2) is 54.7 Å². The number of aryl methyl sites for hydroxylation is 1. The predicted octanol–water partition coefficient (Wildman–Crippen LogP) is 3.22. The lowest BCUT2D eigenvalue weighted by Gasteiger charge is -2.13. The van der Waals surface area contributed by atoms with Gasteiger partial charge in [-0.25, -0.2) is 0 Å². The minimum absolute atomic E-state index is 0.127. The molecule has 5 heteroatoms. The van der Waals surface area contributed by atoms with Crippen LogP contribution in [-0.2, 0) is 18.3 Å². The van der Waals surface area contributed by atoms with E-state index >= 15 is 0 Å². The van der Waals surface area contributed by atoms with Gasteiger partial charge < -0.3 is 15.0 Å². The van der Waals surface area contributed by atoms with E-state index in [1.165, 1.54) is 0 Å². The number of nitrogens with one attached hydrogen (secondary N) is 1. The second kappa shape index (κ2) is 7.07. The molecule has 0 fully saturated rings. The molecule has 4 nitrogen and oxygen atoms in total. The number of para-hydroxylation sites is 1. The number of aliphatic hydroxyl groups excluding tert-OH is 1. The van der Waals surface area contributed by atoms with Crippen LogP contribution in [0.4, 0.5) is 0 Å². The summed E-state index contributed by atoms with van der Waals surface area (Å²) in [6, 6.07) is 15.1. The van der Waals surface area contributed by atoms with E-state index in [1.807, 2.05) is 48.1 Å². The Bertz CT molecular complexity index is 873. The van der Waals surface area contributed by atoms with Gasteiger partial charge >= 0.3 is 0 Å². The summed E-state index contributed by atoms with van der Waals surface area (Å²) in [6.07, 6.45) is 1.42. The van der Waals surface area contributed by atoms with E-state index in [-0.39, 0.29) is 18.9 Å². The zero-order chi connectivity index (χ0) is 17.1. The fraction of sp³-hybridized carbons (Fsp3) is 0.211. The summed E-state index contributed by atoms with van der Waals surface area (Å²) in [5, 5.41) is 14.5. The lowest BCUT2D eigenvalue weighted by molar-refractivity contribution is -0.120. The van der Waals surface area contributed by atoms with Crippen LogP contribution in [0.1, 0.15) is 17.2 Å². The molecule has 124 valence electrons. The Balaban J connectivity index is 1.64. The number of halogens is 1. The van der Waals surface area contributed by atoms with Crippen molar-refractivity contribution in [3.8, 4) is 0 Å². The topological polar surface area (TPSA) is 54.3 Å². The van der Waals surface area contributed by atoms with E-state index in [9.17, 15) is 9.90 Å². The van der Waals surface area contributed by atoms with Crippen molar-refractivity contribution < 1.29 is 9.90 Å². The second-order valence-electron chi connectivity index (χ2n) is 5.80. The standard InChI is InChI=1S/C19H19ClN2O2/c1-22-12-13(14-6-3-5-9-17(14)22)10-19(24)21-11-18(23)15-7-2-4-8-16(15)20/h2-9,12,18,23H,10-11H2,1H3,(H,21,24). The Morgan fingerprint density at radius 3 is 2.71 bits per heavy atom. The van der Waals surface area contributed by atoms with Gasteiger partial charge in [-0.15, -0.1) is 0 Å². The van der Waals surface area contributed by atoms with E-state index in [0.717, 1.165) is 16.5 Å². The monoisotopic (exact) mass is 342 g/mol. The highest BCUT2D eigenvalue weighted by Crippen LogP contribution is 2.22. The number of carbonyl (C=O) groups is 1. The number of nitrogens with zero attached hydrogens (tertiary/aromatic N) is 1. The Morgan fingerprint density at radius 2 is 1.92 bits per heavy atom. The second-order valence-corrected chi connectivity index (χ2v) is 6.21. The van der Waals surface area contributed by atoms with Crippen LogP contribution in [0.3, 0.4) is 0 Å². The van der Waals surface area contributed by atoms with Crippen LogP contribution in [-0.4, -0.2) is 22.1 Å². The predicted molar refractivity (Wildman–Crippen MR) is 96.0 cm³/mol. The van der Waals surface area contributed by atoms with E-state index in [4.69, 9.17) is 11.6 Å². The molecule has 0 saturated carbocycles. The molecule has 0 aliphatic heterocycles. The summed E-state index contributed by atoms with van der Waals surface area (Å²) in [5.41, 5.74) is 2.68. The SMILES string of the molecule is Cn1cc(CC(=O)NCC(O)c2ccccc2Cl)c2ccccc21. The van der Waals surface area contributed by atoms with E-state index in [0.29, 0.717) is 10.6 Å². The highest BCUT2D eigenvalue weighted by Gasteiger charge is 2.14. The molecule has 0 spiro atoms. The average molecular weight is 343 g/mol. The van der Waals surface area contributed by atoms with Gasteiger partial charge in [0.05, 0.1) is 12.5 Å². The van der Waals surface area contributed by atoms with Crippen LogP contribution in [0, 0.1) is 0 Å². The van der Waals surface area contributed by atoms with Crippen LogP contribution in [0.2, 0.25) is 5.02 Å². The van der Waals surface area contributed by atoms with Crippen molar-refractivity contribution in [3.05, 3.63) is 70.9 Å². The van der Waals surface area contributed by atoms with Gasteiger partial charge in [-0.1, -0.05) is 48.0 Å². The number of hydrogen-bond donors (Lipinski definition) is 2. The van der Waals surface area contributed by atoms with Gasteiger partial charge in [0.1, 0.15) is 0 Å². The van der Waals surface area contributed by atoms with Crippen molar-refractivity contribution in [2.24, 2.45) is 7.05 Å². The average Bonchev–Trinajstić information content (AvgIpc) is 2.89. The van der Waals surface area contributed by atoms with Crippen LogP contribution >= 0.6 is 11.6 Å². The molecule has 0 aliphatic rings. The molecular formula is C19H19ClN2O2. The van der Waals surface area contributed by atoms with E-state index < -0.39 is 6.10 Å². The Kier molecular flexibility index (Phi) is 4.88. The number of benzene rings is 2. The molecule has 1 unspecified atom stereocenters. The molecule has 0 bridgehead atoms. The van der Waals surface area contributed by atoms with Crippen molar-refractivity contribution >= 4 is 28.4 Å². The third-order valence-corrected chi connectivity index (χ3v) is 4.43. The summed E-state index contributed by atoms with van der Waals surface area (Å²) in [7, 11) is 1.96. The lowest BCUT2D eigenvalue weighted by Crippen LogP contribution is -2.29. The van der Waals surface area contributed by atoms with Gasteiger partial charge in [0.25, 0.3) is 0 Å². The van der Waals surface area contributed by atoms with E-state index in [1.54, 1.807) is 18.2 Å². The van der Waals surface area contributed by atoms with Crippen molar-refractivity contribution in [3.63, 3.8) is 0 Å². The van der Waals surface area contributed by atoms with Crippen LogP contribution < -0.4 is 5.32 Å². The normalized spacial score (nSPS) is 12.3. The van der Waals surface area contributed by atoms with E-state index in [2.05, 4.69) is 5.32 Å². The van der Waals surface area contributed by atoms with Gasteiger partial charge in [-0.05, 0) is 17.7 Å². The summed E-state index contributed by atoms with van der Waals surface area (Å²) in [4.78, 5) is 12.2. The minimum atomic E-state index is -0.824. The smallest absolute Gasteiger partial charge is 0.224 e. The fourth-order valence-corrected chi connectivity index (χ4v) is 3.13. The maximum atomic E-state index is 12.2. The number of hydrogen-bond acceptors (Lipinski definition) is 2. The summed E-state index contributed by atoms with van der Waals surface area (Å²) in [6.45, 7) is 0.132. The molecular weight excluding hydrogens is 324 g/mol. The molecule has 1 atom stereocenters. The molecule has 1 aromatic heterocycles. The first-order valence-corrected chi connectivity index (χ1v) is 8.16. The van der Waals surface area contributed by atoms with Gasteiger partial charge in [-0.3, -0.25) is 4.79 Å². The third-order valence-electron chi connectivity index (χ3n) is 4.09. The highest BCUT2D eigenvalue weighted by atomic mass is 35.5. The van der Waals surface area contributed by atoms with Gasteiger partial charge in [-0.2, -0.15) is 0 Å². The first-order chi connectivity index (χ1) is 11.6. The molecule has 2 N–H and O–H groups in total. The number of fused-ring (bicyclic) bond motifs is 1. The first-order valence-electron chi connectivity index (χ1n) is 7.78. The molecule has 3 aromatic rings. The number of rotatable bonds is 5. The summed E-state index contributed by atoms with van der Waals surface area (Å²) >= 11 is 6.06. The fourth-order valence-electron chi connectivity index (χ4n) is 2.87. The Morgan fingerprint density at radius 1 is 1.21 bits per heavy atom. The molecule has 0 radical (unpaired) electrons. The van der Waals surface area contributed by atoms with Gasteiger partial charge in [0.15, 0.2) is 0 Å². The highest BCUT2D eigenvalue weighted by molar-refractivity contribution is 6.31. The molecule has 0 aliphatic carbocycles. The van der Waals surface area contributed by atoms with Crippen molar-refractivity contribution in [2.75, 3.05) is 6.54 Å². The number of carbonyl (C=O) groups excluding carboxylic acids is 1. The quantitative estimate of drug-likeness (QED) is 0.748. The zero-order valence-electron chi connectivity index (χ0n) is 13.4. The lowest BCUT2D eigenvalue weighted by atomic mass is 10.1. The van der Waals surface area contributed by atoms with Gasteiger partial charge in [0.2, 0.25) is 5.91 Å². The van der Waals surface area contributed by atoms with Crippen molar-refractivity contribution in [1.29, 1.82) is 0 Å². The molecule has 3 rings (SSSR count). The maximum absolute atomic E-state index is 12.2. The minimum Gasteiger partial charge on any atom is -0.387 e. The molecule has 24 heavy (non-hydrogen) atoms. The number of aliphatic hydroxyl groups is 1. The number of aromatic nitrogens is 1. The Hall–Kier alpha value is -2.30.